The van der Waals surface area contributed by atoms with Gasteiger partial charge in [-0.3, -0.25) is 19.3 Å². The van der Waals surface area contributed by atoms with Crippen LogP contribution in [-0.2, 0) is 32.0 Å². The summed E-state index contributed by atoms with van der Waals surface area (Å²) in [5, 5.41) is 6.49. The number of hydrogen-bond donors (Lipinski definition) is 2. The first-order valence-electron chi connectivity index (χ1n) is 15.5. The third-order valence-corrected chi connectivity index (χ3v) is 9.64. The summed E-state index contributed by atoms with van der Waals surface area (Å²) in [6.45, 7) is 3.69. The van der Waals surface area contributed by atoms with E-state index in [2.05, 4.69) is 33.8 Å². The second-order valence-corrected chi connectivity index (χ2v) is 12.3. The first-order chi connectivity index (χ1) is 20.5. The number of allylic oxidation sites excluding steroid dienone is 2. The van der Waals surface area contributed by atoms with Crippen molar-refractivity contribution in [3.63, 3.8) is 0 Å². The van der Waals surface area contributed by atoms with Crippen molar-refractivity contribution in [2.45, 2.75) is 57.0 Å². The van der Waals surface area contributed by atoms with Crippen LogP contribution < -0.4 is 15.5 Å². The number of rotatable bonds is 4. The number of para-hydroxylation sites is 1. The molecule has 1 spiro atoms. The molecule has 8 heteroatoms. The predicted octanol–water partition coefficient (Wildman–Crippen LogP) is 3.26. The first-order valence-corrected chi connectivity index (χ1v) is 15.5. The van der Waals surface area contributed by atoms with E-state index in [1.165, 1.54) is 5.56 Å². The minimum Gasteiger partial charge on any atom is -0.381 e. The molecule has 0 aliphatic carbocycles. The number of piperidine rings is 1. The molecule has 4 aliphatic heterocycles. The molecule has 2 aromatic rings. The first kappa shape index (κ1) is 28.6. The van der Waals surface area contributed by atoms with Gasteiger partial charge in [0.2, 0.25) is 17.7 Å². The lowest BCUT2D eigenvalue weighted by atomic mass is 9.75. The highest BCUT2D eigenvalue weighted by molar-refractivity contribution is 5.96. The van der Waals surface area contributed by atoms with Crippen LogP contribution in [0.4, 0.5) is 5.69 Å². The fourth-order valence-electron chi connectivity index (χ4n) is 7.07. The molecular formula is C34H42N4O4. The normalized spacial score (nSPS) is 27.1. The summed E-state index contributed by atoms with van der Waals surface area (Å²) >= 11 is 0. The quantitative estimate of drug-likeness (QED) is 0.551. The van der Waals surface area contributed by atoms with E-state index in [0.29, 0.717) is 45.4 Å². The molecule has 3 atom stereocenters. The van der Waals surface area contributed by atoms with Crippen molar-refractivity contribution in [3.8, 4) is 0 Å². The zero-order valence-corrected chi connectivity index (χ0v) is 24.3. The van der Waals surface area contributed by atoms with Crippen LogP contribution in [-0.4, -0.2) is 74.1 Å². The third-order valence-electron chi connectivity index (χ3n) is 9.64. The Balaban J connectivity index is 1.19. The van der Waals surface area contributed by atoms with Gasteiger partial charge in [0.05, 0.1) is 12.0 Å². The second kappa shape index (κ2) is 12.8. The Morgan fingerprint density at radius 3 is 2.57 bits per heavy atom. The maximum Gasteiger partial charge on any atom is 0.243 e. The number of anilines is 1. The lowest BCUT2D eigenvalue weighted by molar-refractivity contribution is -0.140. The third kappa shape index (κ3) is 6.30. The van der Waals surface area contributed by atoms with Gasteiger partial charge < -0.3 is 20.3 Å². The van der Waals surface area contributed by atoms with Crippen molar-refractivity contribution < 1.29 is 19.1 Å². The summed E-state index contributed by atoms with van der Waals surface area (Å²) in [5.41, 5.74) is 2.71. The molecule has 222 valence electrons. The minimum atomic E-state index is -0.654. The highest BCUT2D eigenvalue weighted by Crippen LogP contribution is 2.36. The molecule has 4 aliphatic rings. The van der Waals surface area contributed by atoms with E-state index < -0.39 is 11.5 Å². The van der Waals surface area contributed by atoms with E-state index in [0.717, 1.165) is 50.1 Å². The summed E-state index contributed by atoms with van der Waals surface area (Å²) in [5.74, 6) is 0.127. The minimum absolute atomic E-state index is 0.0207. The summed E-state index contributed by atoms with van der Waals surface area (Å²) in [4.78, 5) is 45.1. The van der Waals surface area contributed by atoms with Gasteiger partial charge in [-0.15, -0.1) is 0 Å². The zero-order chi connectivity index (χ0) is 28.9. The molecule has 4 heterocycles. The van der Waals surface area contributed by atoms with Gasteiger partial charge in [0, 0.05) is 51.0 Å². The standard InChI is InChI=1S/C34H42N4O4/c39-31(38-19-13-26-10-4-5-12-30(26)38)24-37-18-14-28-27(23-37)11-6-7-15-34(16-20-42-21-17-34)33(41)36-29(32(40)35-28)22-25-8-2-1-3-9-25/h1-10,12,27-29H,11,13-24H2,(H,35,40)(H,36,41)/b7-6+/t27-,28-,29-/m0/s1. The highest BCUT2D eigenvalue weighted by atomic mass is 16.5. The van der Waals surface area contributed by atoms with E-state index >= 15 is 0 Å². The number of ether oxygens (including phenoxy) is 1. The van der Waals surface area contributed by atoms with Gasteiger partial charge >= 0.3 is 0 Å². The number of carbonyl (C=O) groups is 3. The van der Waals surface area contributed by atoms with Crippen molar-refractivity contribution in [1.29, 1.82) is 0 Å². The number of amides is 3. The van der Waals surface area contributed by atoms with E-state index in [1.54, 1.807) is 0 Å². The van der Waals surface area contributed by atoms with E-state index in [-0.39, 0.29) is 29.7 Å². The van der Waals surface area contributed by atoms with Crippen LogP contribution >= 0.6 is 0 Å². The molecule has 42 heavy (non-hydrogen) atoms. The molecule has 0 bridgehead atoms. The molecule has 2 N–H and O–H groups in total. The van der Waals surface area contributed by atoms with E-state index in [9.17, 15) is 14.4 Å². The number of nitrogens with zero attached hydrogens (tertiary/aromatic N) is 2. The molecule has 0 radical (unpaired) electrons. The molecule has 8 nitrogen and oxygen atoms in total. The van der Waals surface area contributed by atoms with Gasteiger partial charge in [0.15, 0.2) is 0 Å². The molecular weight excluding hydrogens is 528 g/mol. The Bertz CT molecular complexity index is 1310. The Kier molecular flexibility index (Phi) is 8.72. The molecule has 2 saturated heterocycles. The monoisotopic (exact) mass is 570 g/mol. The number of fused-ring (bicyclic) bond motifs is 2. The fourth-order valence-corrected chi connectivity index (χ4v) is 7.07. The zero-order valence-electron chi connectivity index (χ0n) is 24.3. The van der Waals surface area contributed by atoms with Gasteiger partial charge in [-0.05, 0) is 61.6 Å². The maximum atomic E-state index is 13.8. The molecule has 6 rings (SSSR count). The van der Waals surface area contributed by atoms with Gasteiger partial charge in [0.25, 0.3) is 0 Å². The number of nitrogens with one attached hydrogen (secondary N) is 2. The Labute approximate surface area is 248 Å². The van der Waals surface area contributed by atoms with Gasteiger partial charge in [-0.25, -0.2) is 0 Å². The van der Waals surface area contributed by atoms with Crippen LogP contribution in [0.3, 0.4) is 0 Å². The molecule has 2 fully saturated rings. The molecule has 0 saturated carbocycles. The molecule has 3 amide bonds. The fraction of sp³-hybridized carbons (Fsp3) is 0.500. The topological polar surface area (TPSA) is 91.0 Å². The van der Waals surface area contributed by atoms with E-state index in [1.807, 2.05) is 53.4 Å². The number of hydrogen-bond acceptors (Lipinski definition) is 5. The maximum absolute atomic E-state index is 13.8. The Morgan fingerprint density at radius 2 is 1.74 bits per heavy atom. The largest absolute Gasteiger partial charge is 0.381 e. The number of benzene rings is 2. The van der Waals surface area contributed by atoms with Crippen LogP contribution in [0.15, 0.2) is 66.7 Å². The highest BCUT2D eigenvalue weighted by Gasteiger charge is 2.41. The van der Waals surface area contributed by atoms with Crippen LogP contribution in [0.2, 0.25) is 0 Å². The molecule has 2 aromatic carbocycles. The second-order valence-electron chi connectivity index (χ2n) is 12.3. The van der Waals surface area contributed by atoms with Crippen LogP contribution in [0.5, 0.6) is 0 Å². The SMILES string of the molecule is O=C1N[C@H]2CCN(CC(=O)N3CCc4ccccc43)C[C@@H]2C/C=C/CC2(CCOCC2)C(=O)N[C@H]1Cc1ccccc1. The summed E-state index contributed by atoms with van der Waals surface area (Å²) in [6.07, 6.45) is 9.15. The lowest BCUT2D eigenvalue weighted by Crippen LogP contribution is -2.58. The van der Waals surface area contributed by atoms with Crippen LogP contribution in [0.1, 0.15) is 43.2 Å². The smallest absolute Gasteiger partial charge is 0.243 e. The van der Waals surface area contributed by atoms with Crippen molar-refractivity contribution in [2.75, 3.05) is 44.3 Å². The van der Waals surface area contributed by atoms with Crippen LogP contribution in [0.25, 0.3) is 0 Å². The van der Waals surface area contributed by atoms with Crippen molar-refractivity contribution in [3.05, 3.63) is 77.9 Å². The van der Waals surface area contributed by atoms with E-state index in [4.69, 9.17) is 4.74 Å². The average molecular weight is 571 g/mol. The van der Waals surface area contributed by atoms with Crippen molar-refractivity contribution >= 4 is 23.4 Å². The molecule has 0 unspecified atom stereocenters. The van der Waals surface area contributed by atoms with Gasteiger partial charge in [0.1, 0.15) is 6.04 Å². The van der Waals surface area contributed by atoms with Gasteiger partial charge in [-0.1, -0.05) is 60.7 Å². The van der Waals surface area contributed by atoms with Crippen molar-refractivity contribution in [2.24, 2.45) is 11.3 Å². The lowest BCUT2D eigenvalue weighted by Gasteiger charge is -2.40. The Morgan fingerprint density at radius 1 is 0.952 bits per heavy atom. The number of carbonyl (C=O) groups excluding carboxylic acids is 3. The summed E-state index contributed by atoms with van der Waals surface area (Å²) < 4.78 is 5.61. The predicted molar refractivity (Wildman–Crippen MR) is 162 cm³/mol. The summed E-state index contributed by atoms with van der Waals surface area (Å²) in [7, 11) is 0. The average Bonchev–Trinajstić information content (AvgIpc) is 3.45. The van der Waals surface area contributed by atoms with Crippen molar-refractivity contribution in [1.82, 2.24) is 15.5 Å². The number of likely N-dealkylation sites (tertiary alicyclic amines) is 1. The summed E-state index contributed by atoms with van der Waals surface area (Å²) in [6, 6.07) is 17.4. The Hall–Kier alpha value is -3.49. The van der Waals surface area contributed by atoms with Crippen LogP contribution in [0, 0.1) is 11.3 Å². The molecule has 0 aromatic heterocycles. The van der Waals surface area contributed by atoms with Gasteiger partial charge in [-0.2, -0.15) is 0 Å².